The van der Waals surface area contributed by atoms with Gasteiger partial charge in [-0.2, -0.15) is 0 Å². The Morgan fingerprint density at radius 3 is 2.60 bits per heavy atom. The summed E-state index contributed by atoms with van der Waals surface area (Å²) >= 11 is 5.75. The molecular weight excluding hydrogens is 276 g/mol. The second-order valence-electron chi connectivity index (χ2n) is 5.59. The maximum atomic E-state index is 11.7. The van der Waals surface area contributed by atoms with Gasteiger partial charge in [0.15, 0.2) is 11.0 Å². The minimum Gasteiger partial charge on any atom is -0.355 e. The predicted octanol–water partition coefficient (Wildman–Crippen LogP) is 1.97. The van der Waals surface area contributed by atoms with E-state index in [4.69, 9.17) is 11.6 Å². The quantitative estimate of drug-likeness (QED) is 0.855. The number of likely N-dealkylation sites (tertiary alicyclic amines) is 1. The summed E-state index contributed by atoms with van der Waals surface area (Å²) in [5.74, 6) is 1.84. The molecule has 1 aromatic heterocycles. The van der Waals surface area contributed by atoms with Crippen molar-refractivity contribution in [3.05, 3.63) is 17.3 Å². The monoisotopic (exact) mass is 294 g/mol. The Morgan fingerprint density at radius 1 is 1.20 bits per heavy atom. The molecule has 5 nitrogen and oxygen atoms in total. The van der Waals surface area contributed by atoms with Gasteiger partial charge in [-0.1, -0.05) is 11.6 Å². The minimum atomic E-state index is 0.330. The molecular formula is C14H19ClN4O. The number of rotatable bonds is 3. The molecule has 3 rings (SSSR count). The molecule has 1 amide bonds. The topological polar surface area (TPSA) is 49.3 Å². The van der Waals surface area contributed by atoms with Crippen molar-refractivity contribution < 1.29 is 4.79 Å². The molecule has 108 valence electrons. The van der Waals surface area contributed by atoms with Gasteiger partial charge in [-0.05, 0) is 37.3 Å². The van der Waals surface area contributed by atoms with Crippen LogP contribution in [0, 0.1) is 5.92 Å². The Bertz CT molecular complexity index is 471. The van der Waals surface area contributed by atoms with Gasteiger partial charge in [-0.3, -0.25) is 4.79 Å². The van der Waals surface area contributed by atoms with Gasteiger partial charge in [0.2, 0.25) is 5.91 Å². The molecule has 0 aromatic carbocycles. The zero-order valence-electron chi connectivity index (χ0n) is 11.5. The molecule has 0 unspecified atom stereocenters. The van der Waals surface area contributed by atoms with Gasteiger partial charge < -0.3 is 9.80 Å². The van der Waals surface area contributed by atoms with E-state index in [0.717, 1.165) is 57.7 Å². The van der Waals surface area contributed by atoms with Gasteiger partial charge in [-0.15, -0.1) is 10.2 Å². The minimum absolute atomic E-state index is 0.330. The van der Waals surface area contributed by atoms with Gasteiger partial charge in [-0.25, -0.2) is 0 Å². The molecule has 2 aliphatic heterocycles. The van der Waals surface area contributed by atoms with Crippen LogP contribution >= 0.6 is 11.6 Å². The Hall–Kier alpha value is -1.36. The van der Waals surface area contributed by atoms with E-state index in [-0.39, 0.29) is 0 Å². The molecule has 0 bridgehead atoms. The summed E-state index contributed by atoms with van der Waals surface area (Å²) in [4.78, 5) is 15.9. The van der Waals surface area contributed by atoms with Crippen LogP contribution in [0.15, 0.2) is 12.1 Å². The van der Waals surface area contributed by atoms with E-state index in [1.54, 1.807) is 6.07 Å². The van der Waals surface area contributed by atoms with Crippen LogP contribution < -0.4 is 4.90 Å². The van der Waals surface area contributed by atoms with Crippen LogP contribution in [-0.4, -0.2) is 47.2 Å². The molecule has 2 fully saturated rings. The van der Waals surface area contributed by atoms with E-state index in [1.165, 1.54) is 0 Å². The number of aromatic nitrogens is 2. The summed E-state index contributed by atoms with van der Waals surface area (Å²) in [6.07, 6.45) is 3.97. The number of halogens is 1. The molecule has 0 saturated carbocycles. The highest BCUT2D eigenvalue weighted by molar-refractivity contribution is 6.29. The van der Waals surface area contributed by atoms with E-state index in [2.05, 4.69) is 15.1 Å². The van der Waals surface area contributed by atoms with Crippen LogP contribution in [0.5, 0.6) is 0 Å². The van der Waals surface area contributed by atoms with E-state index in [0.29, 0.717) is 17.0 Å². The molecule has 0 atom stereocenters. The molecule has 0 spiro atoms. The molecule has 0 radical (unpaired) electrons. The summed E-state index contributed by atoms with van der Waals surface area (Å²) in [6, 6.07) is 3.69. The van der Waals surface area contributed by atoms with Crippen molar-refractivity contribution in [2.45, 2.75) is 25.7 Å². The predicted molar refractivity (Wildman–Crippen MR) is 77.8 cm³/mol. The second-order valence-corrected chi connectivity index (χ2v) is 5.98. The molecule has 0 N–H and O–H groups in total. The van der Waals surface area contributed by atoms with E-state index in [9.17, 15) is 4.79 Å². The number of hydrogen-bond donors (Lipinski definition) is 0. The van der Waals surface area contributed by atoms with Crippen molar-refractivity contribution in [1.29, 1.82) is 0 Å². The Morgan fingerprint density at radius 2 is 2.00 bits per heavy atom. The smallest absolute Gasteiger partial charge is 0.222 e. The van der Waals surface area contributed by atoms with E-state index in [1.807, 2.05) is 11.0 Å². The summed E-state index contributed by atoms with van der Waals surface area (Å²) in [5, 5.41) is 8.44. The lowest BCUT2D eigenvalue weighted by atomic mass is 9.96. The third-order valence-electron chi connectivity index (χ3n) is 4.21. The number of hydrogen-bond acceptors (Lipinski definition) is 4. The normalized spacial score (nSPS) is 20.8. The molecule has 0 aliphatic carbocycles. The first-order chi connectivity index (χ1) is 9.72. The van der Waals surface area contributed by atoms with Crippen molar-refractivity contribution in [3.8, 4) is 0 Å². The zero-order chi connectivity index (χ0) is 13.9. The maximum Gasteiger partial charge on any atom is 0.222 e. The van der Waals surface area contributed by atoms with Crippen molar-refractivity contribution in [3.63, 3.8) is 0 Å². The van der Waals surface area contributed by atoms with Crippen molar-refractivity contribution >= 4 is 23.3 Å². The van der Waals surface area contributed by atoms with Crippen LogP contribution in [-0.2, 0) is 4.79 Å². The first-order valence-corrected chi connectivity index (χ1v) is 7.62. The number of amides is 1. The highest BCUT2D eigenvalue weighted by Crippen LogP contribution is 2.24. The van der Waals surface area contributed by atoms with Gasteiger partial charge in [0, 0.05) is 32.6 Å². The maximum absolute atomic E-state index is 11.7. The average molecular weight is 295 g/mol. The molecule has 2 saturated heterocycles. The van der Waals surface area contributed by atoms with Gasteiger partial charge in [0.25, 0.3) is 0 Å². The van der Waals surface area contributed by atoms with Crippen LogP contribution in [0.25, 0.3) is 0 Å². The second kappa shape index (κ2) is 5.95. The standard InChI is InChI=1S/C14H19ClN4O/c15-12-3-4-13(17-16-12)18-8-5-11(6-9-18)10-19-7-1-2-14(19)20/h3-4,11H,1-2,5-10H2. The molecule has 20 heavy (non-hydrogen) atoms. The first-order valence-electron chi connectivity index (χ1n) is 7.24. The molecule has 2 aliphatic rings. The lowest BCUT2D eigenvalue weighted by molar-refractivity contribution is -0.128. The third-order valence-corrected chi connectivity index (χ3v) is 4.41. The molecule has 6 heteroatoms. The largest absolute Gasteiger partial charge is 0.355 e. The fourth-order valence-corrected chi connectivity index (χ4v) is 3.13. The van der Waals surface area contributed by atoms with Crippen molar-refractivity contribution in [1.82, 2.24) is 15.1 Å². The summed E-state index contributed by atoms with van der Waals surface area (Å²) < 4.78 is 0. The summed E-state index contributed by atoms with van der Waals surface area (Å²) in [7, 11) is 0. The van der Waals surface area contributed by atoms with Crippen LogP contribution in [0.4, 0.5) is 5.82 Å². The number of piperidine rings is 1. The van der Waals surface area contributed by atoms with Crippen molar-refractivity contribution in [2.75, 3.05) is 31.1 Å². The van der Waals surface area contributed by atoms with Gasteiger partial charge >= 0.3 is 0 Å². The number of carbonyl (C=O) groups excluding carboxylic acids is 1. The third kappa shape index (κ3) is 3.03. The fourth-order valence-electron chi connectivity index (χ4n) is 3.03. The molecule has 3 heterocycles. The highest BCUT2D eigenvalue weighted by atomic mass is 35.5. The summed E-state index contributed by atoms with van der Waals surface area (Å²) in [6.45, 7) is 3.83. The van der Waals surface area contributed by atoms with E-state index < -0.39 is 0 Å². The summed E-state index contributed by atoms with van der Waals surface area (Å²) in [5.41, 5.74) is 0. The lowest BCUT2D eigenvalue weighted by Crippen LogP contribution is -2.39. The Balaban J connectivity index is 1.51. The number of nitrogens with zero attached hydrogens (tertiary/aromatic N) is 4. The SMILES string of the molecule is O=C1CCCN1CC1CCN(c2ccc(Cl)nn2)CC1. The van der Waals surface area contributed by atoms with Gasteiger partial charge in [0.1, 0.15) is 0 Å². The van der Waals surface area contributed by atoms with Crippen LogP contribution in [0.2, 0.25) is 5.15 Å². The average Bonchev–Trinajstić information content (AvgIpc) is 2.86. The van der Waals surface area contributed by atoms with Gasteiger partial charge in [0.05, 0.1) is 0 Å². The lowest BCUT2D eigenvalue weighted by Gasteiger charge is -2.34. The Labute approximate surface area is 123 Å². The zero-order valence-corrected chi connectivity index (χ0v) is 12.2. The fraction of sp³-hybridized carbons (Fsp3) is 0.643. The van der Waals surface area contributed by atoms with Crippen LogP contribution in [0.3, 0.4) is 0 Å². The Kier molecular flexibility index (Phi) is 4.05. The first kappa shape index (κ1) is 13.6. The number of carbonyl (C=O) groups is 1. The van der Waals surface area contributed by atoms with Crippen molar-refractivity contribution in [2.24, 2.45) is 5.92 Å². The number of anilines is 1. The van der Waals surface area contributed by atoms with Crippen LogP contribution in [0.1, 0.15) is 25.7 Å². The molecule has 1 aromatic rings. The highest BCUT2D eigenvalue weighted by Gasteiger charge is 2.26. The van der Waals surface area contributed by atoms with E-state index >= 15 is 0 Å².